The second-order valence-corrected chi connectivity index (χ2v) is 7.87. The first-order chi connectivity index (χ1) is 12.8. The number of halogens is 1. The zero-order valence-electron chi connectivity index (χ0n) is 16.7. The summed E-state index contributed by atoms with van der Waals surface area (Å²) in [6.07, 6.45) is 1.76. The lowest BCUT2D eigenvalue weighted by atomic mass is 9.98. The van der Waals surface area contributed by atoms with Crippen LogP contribution in [-0.2, 0) is 11.3 Å². The first-order valence-corrected chi connectivity index (χ1v) is 9.44. The van der Waals surface area contributed by atoms with E-state index in [4.69, 9.17) is 4.74 Å². The topological polar surface area (TPSA) is 66.0 Å². The second-order valence-electron chi connectivity index (χ2n) is 7.87. The maximum atomic E-state index is 13.3. The van der Waals surface area contributed by atoms with Gasteiger partial charge in [0.25, 0.3) is 0 Å². The maximum Gasteiger partial charge on any atom is 0.410 e. The van der Waals surface area contributed by atoms with Crippen LogP contribution in [0.25, 0.3) is 0 Å². The molecule has 1 aliphatic heterocycles. The van der Waals surface area contributed by atoms with Crippen molar-refractivity contribution in [1.29, 1.82) is 0 Å². The molecule has 0 spiro atoms. The summed E-state index contributed by atoms with van der Waals surface area (Å²) < 4.78 is 18.7. The van der Waals surface area contributed by atoms with Crippen molar-refractivity contribution in [1.82, 2.24) is 15.5 Å². The second kappa shape index (κ2) is 9.58. The average molecular weight is 378 g/mol. The Kier molecular flexibility index (Phi) is 7.45. The summed E-state index contributed by atoms with van der Waals surface area (Å²) in [6, 6.07) is 6.48. The molecule has 0 aliphatic carbocycles. The van der Waals surface area contributed by atoms with Gasteiger partial charge in [0, 0.05) is 33.2 Å². The number of benzene rings is 1. The van der Waals surface area contributed by atoms with Gasteiger partial charge in [0.2, 0.25) is 0 Å². The van der Waals surface area contributed by atoms with E-state index in [9.17, 15) is 9.18 Å². The van der Waals surface area contributed by atoms with Crippen molar-refractivity contribution in [3.05, 3.63) is 35.6 Å². The average Bonchev–Trinajstić information content (AvgIpc) is 2.61. The molecular formula is C20H31FN4O2. The Morgan fingerprint density at radius 2 is 2.15 bits per heavy atom. The number of aliphatic imine (C=N–C) groups is 1. The summed E-state index contributed by atoms with van der Waals surface area (Å²) in [5.41, 5.74) is 0.372. The van der Waals surface area contributed by atoms with Crippen LogP contribution in [0.4, 0.5) is 9.18 Å². The number of hydrogen-bond donors (Lipinski definition) is 2. The standard InChI is InChI=1S/C20H31FN4O2/c1-20(2,3)27-19(26)25-10-6-8-16(14-25)13-24-18(22-4)23-12-15-7-5-9-17(21)11-15/h5,7,9,11,16H,6,8,10,12-14H2,1-4H3,(H2,22,23,24). The number of carbonyl (C=O) groups is 1. The lowest BCUT2D eigenvalue weighted by Crippen LogP contribution is -2.47. The van der Waals surface area contributed by atoms with E-state index < -0.39 is 5.60 Å². The highest BCUT2D eigenvalue weighted by molar-refractivity contribution is 5.79. The molecule has 1 heterocycles. The van der Waals surface area contributed by atoms with Crippen LogP contribution in [0.15, 0.2) is 29.3 Å². The number of carbonyl (C=O) groups excluding carboxylic acids is 1. The van der Waals surface area contributed by atoms with E-state index >= 15 is 0 Å². The molecule has 1 aromatic rings. The van der Waals surface area contributed by atoms with Crippen LogP contribution >= 0.6 is 0 Å². The minimum Gasteiger partial charge on any atom is -0.444 e. The smallest absolute Gasteiger partial charge is 0.410 e. The fourth-order valence-electron chi connectivity index (χ4n) is 3.02. The van der Waals surface area contributed by atoms with E-state index in [1.807, 2.05) is 26.8 Å². The molecule has 27 heavy (non-hydrogen) atoms. The fourth-order valence-corrected chi connectivity index (χ4v) is 3.02. The molecule has 2 N–H and O–H groups in total. The van der Waals surface area contributed by atoms with E-state index in [0.29, 0.717) is 31.5 Å². The molecule has 1 amide bonds. The Morgan fingerprint density at radius 3 is 2.81 bits per heavy atom. The number of ether oxygens (including phenoxy) is 1. The maximum absolute atomic E-state index is 13.3. The monoisotopic (exact) mass is 378 g/mol. The number of rotatable bonds is 4. The quantitative estimate of drug-likeness (QED) is 0.624. The summed E-state index contributed by atoms with van der Waals surface area (Å²) >= 11 is 0. The molecule has 1 saturated heterocycles. The van der Waals surface area contributed by atoms with Crippen LogP contribution in [0.5, 0.6) is 0 Å². The largest absolute Gasteiger partial charge is 0.444 e. The minimum atomic E-state index is -0.481. The van der Waals surface area contributed by atoms with E-state index in [1.165, 1.54) is 12.1 Å². The summed E-state index contributed by atoms with van der Waals surface area (Å²) in [6.45, 7) is 8.24. The molecular weight excluding hydrogens is 347 g/mol. The van der Waals surface area contributed by atoms with Crippen molar-refractivity contribution < 1.29 is 13.9 Å². The zero-order chi connectivity index (χ0) is 19.9. The van der Waals surface area contributed by atoms with Crippen molar-refractivity contribution >= 4 is 12.1 Å². The number of likely N-dealkylation sites (tertiary alicyclic amines) is 1. The van der Waals surface area contributed by atoms with Crippen molar-refractivity contribution in [3.8, 4) is 0 Å². The molecule has 0 aromatic heterocycles. The number of hydrogen-bond acceptors (Lipinski definition) is 3. The van der Waals surface area contributed by atoms with Crippen LogP contribution in [0, 0.1) is 11.7 Å². The number of piperidine rings is 1. The van der Waals surface area contributed by atoms with Crippen LogP contribution in [-0.4, -0.2) is 49.2 Å². The third kappa shape index (κ3) is 7.45. The van der Waals surface area contributed by atoms with Crippen LogP contribution in [0.1, 0.15) is 39.2 Å². The molecule has 0 bridgehead atoms. The van der Waals surface area contributed by atoms with E-state index in [1.54, 1.807) is 18.0 Å². The highest BCUT2D eigenvalue weighted by atomic mass is 19.1. The SMILES string of the molecule is CN=C(NCc1cccc(F)c1)NCC1CCCN(C(=O)OC(C)(C)C)C1. The normalized spacial score (nSPS) is 18.2. The van der Waals surface area contributed by atoms with Gasteiger partial charge in [-0.3, -0.25) is 4.99 Å². The number of nitrogens with one attached hydrogen (secondary N) is 2. The van der Waals surface area contributed by atoms with Gasteiger partial charge in [-0.15, -0.1) is 0 Å². The lowest BCUT2D eigenvalue weighted by Gasteiger charge is -2.34. The minimum absolute atomic E-state index is 0.248. The molecule has 1 fully saturated rings. The molecule has 1 aliphatic rings. The summed E-state index contributed by atoms with van der Waals surface area (Å²) in [7, 11) is 1.70. The van der Waals surface area contributed by atoms with Gasteiger partial charge in [0.15, 0.2) is 5.96 Å². The Bertz CT molecular complexity index is 658. The Morgan fingerprint density at radius 1 is 1.37 bits per heavy atom. The van der Waals surface area contributed by atoms with E-state index in [-0.39, 0.29) is 11.9 Å². The predicted molar refractivity (Wildman–Crippen MR) is 105 cm³/mol. The molecule has 1 aromatic carbocycles. The van der Waals surface area contributed by atoms with Gasteiger partial charge in [-0.1, -0.05) is 12.1 Å². The molecule has 0 radical (unpaired) electrons. The van der Waals surface area contributed by atoms with Gasteiger partial charge in [0.1, 0.15) is 11.4 Å². The Balaban J connectivity index is 1.79. The Hall–Kier alpha value is -2.31. The van der Waals surface area contributed by atoms with Crippen LogP contribution in [0.3, 0.4) is 0 Å². The zero-order valence-corrected chi connectivity index (χ0v) is 16.7. The molecule has 1 atom stereocenters. The van der Waals surface area contributed by atoms with Crippen LogP contribution in [0.2, 0.25) is 0 Å². The van der Waals surface area contributed by atoms with E-state index in [0.717, 1.165) is 24.9 Å². The van der Waals surface area contributed by atoms with E-state index in [2.05, 4.69) is 15.6 Å². The molecule has 6 nitrogen and oxygen atoms in total. The van der Waals surface area contributed by atoms with Gasteiger partial charge in [-0.25, -0.2) is 9.18 Å². The predicted octanol–water partition coefficient (Wildman–Crippen LogP) is 3.14. The fraction of sp³-hybridized carbons (Fsp3) is 0.600. The molecule has 7 heteroatoms. The van der Waals surface area contributed by atoms with Gasteiger partial charge < -0.3 is 20.3 Å². The Labute approximate surface area is 161 Å². The highest BCUT2D eigenvalue weighted by Gasteiger charge is 2.27. The third-order valence-electron chi connectivity index (χ3n) is 4.30. The summed E-state index contributed by atoms with van der Waals surface area (Å²) in [5, 5.41) is 6.48. The van der Waals surface area contributed by atoms with Gasteiger partial charge >= 0.3 is 6.09 Å². The number of amides is 1. The van der Waals surface area contributed by atoms with Gasteiger partial charge in [0.05, 0.1) is 0 Å². The molecule has 0 saturated carbocycles. The van der Waals surface area contributed by atoms with Crippen molar-refractivity contribution in [3.63, 3.8) is 0 Å². The first-order valence-electron chi connectivity index (χ1n) is 9.44. The summed E-state index contributed by atoms with van der Waals surface area (Å²) in [4.78, 5) is 18.2. The first kappa shape index (κ1) is 21.0. The highest BCUT2D eigenvalue weighted by Crippen LogP contribution is 2.18. The van der Waals surface area contributed by atoms with Gasteiger partial charge in [-0.05, 0) is 57.2 Å². The van der Waals surface area contributed by atoms with Crippen molar-refractivity contribution in [2.24, 2.45) is 10.9 Å². The van der Waals surface area contributed by atoms with Crippen molar-refractivity contribution in [2.75, 3.05) is 26.7 Å². The number of nitrogens with zero attached hydrogens (tertiary/aromatic N) is 2. The molecule has 150 valence electrons. The molecule has 2 rings (SSSR count). The third-order valence-corrected chi connectivity index (χ3v) is 4.30. The summed E-state index contributed by atoms with van der Waals surface area (Å²) in [5.74, 6) is 0.745. The van der Waals surface area contributed by atoms with Crippen LogP contribution < -0.4 is 10.6 Å². The molecule has 1 unspecified atom stereocenters. The van der Waals surface area contributed by atoms with Crippen molar-refractivity contribution in [2.45, 2.75) is 45.8 Å². The lowest BCUT2D eigenvalue weighted by molar-refractivity contribution is 0.0168. The van der Waals surface area contributed by atoms with Gasteiger partial charge in [-0.2, -0.15) is 0 Å². The number of guanidine groups is 1.